The highest BCUT2D eigenvalue weighted by Gasteiger charge is 2.34. The molecule has 0 atom stereocenters. The molecule has 0 aliphatic heterocycles. The number of ether oxygens (including phenoxy) is 1. The number of hydrogen-bond donors (Lipinski definition) is 0. The summed E-state index contributed by atoms with van der Waals surface area (Å²) in [5.41, 5.74) is 1.09. The van der Waals surface area contributed by atoms with Crippen LogP contribution < -0.4 is 0 Å². The van der Waals surface area contributed by atoms with Gasteiger partial charge >= 0.3 is 0 Å². The average molecular weight is 335 g/mol. The lowest BCUT2D eigenvalue weighted by Gasteiger charge is -2.29. The number of methoxy groups -OCH3 is 1. The Hall–Kier alpha value is -1.82. The summed E-state index contributed by atoms with van der Waals surface area (Å²) >= 11 is 0. The zero-order chi connectivity index (χ0) is 17.7. The van der Waals surface area contributed by atoms with E-state index in [4.69, 9.17) is 4.74 Å². The minimum atomic E-state index is -0.100. The molecule has 0 radical (unpaired) electrons. The summed E-state index contributed by atoms with van der Waals surface area (Å²) in [7, 11) is 3.48. The van der Waals surface area contributed by atoms with Gasteiger partial charge in [-0.15, -0.1) is 0 Å². The molecule has 134 valence electrons. The first kappa shape index (κ1) is 18.5. The van der Waals surface area contributed by atoms with E-state index < -0.39 is 0 Å². The Labute approximate surface area is 144 Å². The topological polar surface area (TPSA) is 54.8 Å². The lowest BCUT2D eigenvalue weighted by Crippen LogP contribution is -2.45. The number of hydrogen-bond acceptors (Lipinski definition) is 3. The Morgan fingerprint density at radius 3 is 2.54 bits per heavy atom. The molecule has 1 saturated carbocycles. The van der Waals surface area contributed by atoms with Crippen molar-refractivity contribution in [1.29, 1.82) is 0 Å². The van der Waals surface area contributed by atoms with Crippen LogP contribution in [-0.2, 0) is 27.9 Å². The fourth-order valence-corrected chi connectivity index (χ4v) is 2.81. The third kappa shape index (κ3) is 5.09. The van der Waals surface area contributed by atoms with Crippen molar-refractivity contribution in [1.82, 2.24) is 14.4 Å². The van der Waals surface area contributed by atoms with E-state index in [0.29, 0.717) is 19.0 Å². The highest BCUT2D eigenvalue weighted by atomic mass is 16.5. The average Bonchev–Trinajstić information content (AvgIpc) is 3.27. The maximum atomic E-state index is 12.8. The van der Waals surface area contributed by atoms with Gasteiger partial charge in [-0.3, -0.25) is 9.59 Å². The number of aryl methyl sites for hydroxylation is 1. The number of aromatic nitrogens is 1. The smallest absolute Gasteiger partial charge is 0.249 e. The van der Waals surface area contributed by atoms with E-state index in [1.807, 2.05) is 34.8 Å². The van der Waals surface area contributed by atoms with Crippen LogP contribution in [0.3, 0.4) is 0 Å². The molecule has 0 unspecified atom stereocenters. The summed E-state index contributed by atoms with van der Waals surface area (Å²) in [4.78, 5) is 28.6. The molecule has 2 amide bonds. The zero-order valence-corrected chi connectivity index (χ0v) is 15.2. The molecule has 24 heavy (non-hydrogen) atoms. The van der Waals surface area contributed by atoms with E-state index in [1.165, 1.54) is 7.11 Å². The molecular weight excluding hydrogens is 306 g/mol. The van der Waals surface area contributed by atoms with Gasteiger partial charge in [-0.05, 0) is 30.9 Å². The molecule has 1 fully saturated rings. The monoisotopic (exact) mass is 335 g/mol. The van der Waals surface area contributed by atoms with Crippen LogP contribution in [-0.4, -0.2) is 59.0 Å². The second-order valence-corrected chi connectivity index (χ2v) is 6.96. The van der Waals surface area contributed by atoms with Crippen molar-refractivity contribution in [2.24, 2.45) is 13.0 Å². The fourth-order valence-electron chi connectivity index (χ4n) is 2.81. The molecule has 1 aliphatic carbocycles. The van der Waals surface area contributed by atoms with Gasteiger partial charge in [0, 0.05) is 38.6 Å². The van der Waals surface area contributed by atoms with E-state index >= 15 is 0 Å². The van der Waals surface area contributed by atoms with Crippen molar-refractivity contribution in [2.75, 3.05) is 26.8 Å². The molecule has 0 N–H and O–H groups in total. The standard InChI is InChI=1S/C18H29N3O3/c1-14(2)10-20(11-16-6-5-9-19(16)3)17(22)12-21(15-7-8-15)18(23)13-24-4/h5-6,9,14-15H,7-8,10-13H2,1-4H3. The Balaban J connectivity index is 2.05. The van der Waals surface area contributed by atoms with Gasteiger partial charge < -0.3 is 19.1 Å². The van der Waals surface area contributed by atoms with Crippen molar-refractivity contribution in [3.05, 3.63) is 24.0 Å². The van der Waals surface area contributed by atoms with Gasteiger partial charge in [-0.1, -0.05) is 13.8 Å². The van der Waals surface area contributed by atoms with Crippen LogP contribution >= 0.6 is 0 Å². The second kappa shape index (κ2) is 8.33. The van der Waals surface area contributed by atoms with Crippen molar-refractivity contribution in [2.45, 2.75) is 39.3 Å². The summed E-state index contributed by atoms with van der Waals surface area (Å²) in [6, 6.07) is 4.20. The summed E-state index contributed by atoms with van der Waals surface area (Å²) in [5, 5.41) is 0. The molecule has 1 heterocycles. The highest BCUT2D eigenvalue weighted by Crippen LogP contribution is 2.27. The molecule has 0 bridgehead atoms. The maximum absolute atomic E-state index is 12.8. The summed E-state index contributed by atoms with van der Waals surface area (Å²) in [6.07, 6.45) is 3.93. The molecule has 6 heteroatoms. The van der Waals surface area contributed by atoms with Crippen molar-refractivity contribution in [3.8, 4) is 0 Å². The van der Waals surface area contributed by atoms with E-state index in [0.717, 1.165) is 18.5 Å². The molecule has 0 aromatic carbocycles. The van der Waals surface area contributed by atoms with Gasteiger partial charge in [-0.25, -0.2) is 0 Å². The fraction of sp³-hybridized carbons (Fsp3) is 0.667. The van der Waals surface area contributed by atoms with Gasteiger partial charge in [0.05, 0.1) is 6.54 Å². The van der Waals surface area contributed by atoms with Crippen molar-refractivity contribution in [3.63, 3.8) is 0 Å². The Bertz CT molecular complexity index is 564. The van der Waals surface area contributed by atoms with Gasteiger partial charge in [0.1, 0.15) is 13.2 Å². The minimum absolute atomic E-state index is 0.00116. The predicted molar refractivity (Wildman–Crippen MR) is 92.3 cm³/mol. The molecular formula is C18H29N3O3. The molecule has 0 spiro atoms. The van der Waals surface area contributed by atoms with Crippen LogP contribution in [0.2, 0.25) is 0 Å². The van der Waals surface area contributed by atoms with Crippen LogP contribution in [0.4, 0.5) is 0 Å². The molecule has 0 saturated heterocycles. The van der Waals surface area contributed by atoms with Crippen LogP contribution in [0.5, 0.6) is 0 Å². The third-order valence-corrected chi connectivity index (χ3v) is 4.22. The predicted octanol–water partition coefficient (Wildman–Crippen LogP) is 1.65. The number of rotatable bonds is 9. The van der Waals surface area contributed by atoms with Crippen LogP contribution in [0.1, 0.15) is 32.4 Å². The summed E-state index contributed by atoms with van der Waals surface area (Å²) < 4.78 is 6.97. The van der Waals surface area contributed by atoms with Crippen LogP contribution in [0, 0.1) is 5.92 Å². The van der Waals surface area contributed by atoms with Gasteiger partial charge in [0.2, 0.25) is 11.8 Å². The Morgan fingerprint density at radius 1 is 1.33 bits per heavy atom. The second-order valence-electron chi connectivity index (χ2n) is 6.96. The largest absolute Gasteiger partial charge is 0.375 e. The van der Waals surface area contributed by atoms with E-state index in [-0.39, 0.29) is 31.0 Å². The van der Waals surface area contributed by atoms with Crippen molar-refractivity contribution >= 4 is 11.8 Å². The maximum Gasteiger partial charge on any atom is 0.249 e. The first-order valence-corrected chi connectivity index (χ1v) is 8.58. The number of nitrogens with zero attached hydrogens (tertiary/aromatic N) is 3. The molecule has 6 nitrogen and oxygen atoms in total. The van der Waals surface area contributed by atoms with Gasteiger partial charge in [0.25, 0.3) is 0 Å². The number of carbonyl (C=O) groups is 2. The number of carbonyl (C=O) groups excluding carboxylic acids is 2. The zero-order valence-electron chi connectivity index (χ0n) is 15.2. The first-order valence-electron chi connectivity index (χ1n) is 8.58. The normalized spacial score (nSPS) is 14.0. The molecule has 2 rings (SSSR count). The van der Waals surface area contributed by atoms with Crippen LogP contribution in [0.25, 0.3) is 0 Å². The first-order chi connectivity index (χ1) is 11.4. The van der Waals surface area contributed by atoms with E-state index in [1.54, 1.807) is 4.90 Å². The van der Waals surface area contributed by atoms with E-state index in [2.05, 4.69) is 13.8 Å². The lowest BCUT2D eigenvalue weighted by molar-refractivity contribution is -0.143. The Morgan fingerprint density at radius 2 is 2.04 bits per heavy atom. The molecule has 1 aromatic rings. The quantitative estimate of drug-likeness (QED) is 0.689. The lowest BCUT2D eigenvalue weighted by atomic mass is 10.2. The number of amides is 2. The van der Waals surface area contributed by atoms with Crippen molar-refractivity contribution < 1.29 is 14.3 Å². The van der Waals surface area contributed by atoms with Crippen LogP contribution in [0.15, 0.2) is 18.3 Å². The highest BCUT2D eigenvalue weighted by molar-refractivity contribution is 5.85. The van der Waals surface area contributed by atoms with E-state index in [9.17, 15) is 9.59 Å². The SMILES string of the molecule is COCC(=O)N(CC(=O)N(Cc1cccn1C)CC(C)C)C1CC1. The van der Waals surface area contributed by atoms with Gasteiger partial charge in [0.15, 0.2) is 0 Å². The summed E-state index contributed by atoms with van der Waals surface area (Å²) in [6.45, 7) is 5.62. The third-order valence-electron chi connectivity index (χ3n) is 4.22. The molecule has 1 aromatic heterocycles. The van der Waals surface area contributed by atoms with Gasteiger partial charge in [-0.2, -0.15) is 0 Å². The minimum Gasteiger partial charge on any atom is -0.375 e. The Kier molecular flexibility index (Phi) is 6.43. The molecule has 1 aliphatic rings. The summed E-state index contributed by atoms with van der Waals surface area (Å²) in [5.74, 6) is 0.274.